The highest BCUT2D eigenvalue weighted by Gasteiger charge is 2.11. The van der Waals surface area contributed by atoms with Crippen LogP contribution in [0.3, 0.4) is 0 Å². The third-order valence-corrected chi connectivity index (χ3v) is 5.93. The van der Waals surface area contributed by atoms with Gasteiger partial charge in [-0.2, -0.15) is 11.8 Å². The van der Waals surface area contributed by atoms with E-state index in [2.05, 4.69) is 10.6 Å². The molecule has 0 spiro atoms. The van der Waals surface area contributed by atoms with E-state index in [9.17, 15) is 9.59 Å². The lowest BCUT2D eigenvalue weighted by molar-refractivity contribution is -0.122. The van der Waals surface area contributed by atoms with E-state index < -0.39 is 0 Å². The Morgan fingerprint density at radius 3 is 1.45 bits per heavy atom. The number of halogens is 2. The van der Waals surface area contributed by atoms with Gasteiger partial charge < -0.3 is 10.6 Å². The molecule has 0 saturated heterocycles. The van der Waals surface area contributed by atoms with Crippen molar-refractivity contribution < 1.29 is 9.59 Å². The highest BCUT2D eigenvalue weighted by Crippen LogP contribution is 2.17. The predicted molar refractivity (Wildman–Crippen MR) is 123 cm³/mol. The largest absolute Gasteiger partial charge is 0.350 e. The van der Waals surface area contributed by atoms with Gasteiger partial charge in [-0.25, -0.2) is 0 Å². The Balaban J connectivity index is 1.59. The number of thioether (sulfide) groups is 1. The predicted octanol–water partition coefficient (Wildman–Crippen LogP) is 5.56. The van der Waals surface area contributed by atoms with Gasteiger partial charge in [0.15, 0.2) is 0 Å². The number of hydrogen-bond donors (Lipinski definition) is 2. The molecule has 0 heterocycles. The minimum atomic E-state index is -0.0649. The molecule has 2 atom stereocenters. The summed E-state index contributed by atoms with van der Waals surface area (Å²) in [6.45, 7) is 3.89. The van der Waals surface area contributed by atoms with E-state index >= 15 is 0 Å². The van der Waals surface area contributed by atoms with Crippen LogP contribution in [0, 0.1) is 0 Å². The van der Waals surface area contributed by atoms with Gasteiger partial charge in [-0.1, -0.05) is 47.5 Å². The summed E-state index contributed by atoms with van der Waals surface area (Å²) in [4.78, 5) is 24.2. The Kier molecular flexibility index (Phi) is 9.85. The van der Waals surface area contributed by atoms with E-state index in [0.29, 0.717) is 34.4 Å². The van der Waals surface area contributed by atoms with Crippen LogP contribution >= 0.6 is 35.0 Å². The lowest BCUT2D eigenvalue weighted by Crippen LogP contribution is -2.27. The second kappa shape index (κ2) is 12.1. The molecular weight excluding hydrogens is 427 g/mol. The van der Waals surface area contributed by atoms with Gasteiger partial charge in [-0.05, 0) is 49.2 Å². The SMILES string of the molecule is CC(NC(=O)CCSCCC(=O)NC(C)c1ccc(Cl)cc1)c1ccc(Cl)cc1. The summed E-state index contributed by atoms with van der Waals surface area (Å²) < 4.78 is 0. The average Bonchev–Trinajstić information content (AvgIpc) is 2.68. The Morgan fingerprint density at radius 1 is 0.759 bits per heavy atom. The van der Waals surface area contributed by atoms with E-state index in [1.807, 2.05) is 62.4 Å². The molecule has 0 aliphatic rings. The highest BCUT2D eigenvalue weighted by atomic mass is 35.5. The third kappa shape index (κ3) is 8.69. The molecule has 7 heteroatoms. The molecule has 2 N–H and O–H groups in total. The van der Waals surface area contributed by atoms with E-state index in [0.717, 1.165) is 11.1 Å². The Hall–Kier alpha value is -1.69. The van der Waals surface area contributed by atoms with Crippen molar-refractivity contribution in [1.29, 1.82) is 0 Å². The monoisotopic (exact) mass is 452 g/mol. The van der Waals surface area contributed by atoms with Gasteiger partial charge in [-0.3, -0.25) is 9.59 Å². The van der Waals surface area contributed by atoms with Crippen LogP contribution in [-0.2, 0) is 9.59 Å². The molecule has 0 aromatic heterocycles. The van der Waals surface area contributed by atoms with Crippen molar-refractivity contribution in [3.63, 3.8) is 0 Å². The number of rotatable bonds is 10. The Bertz CT molecular complexity index is 730. The van der Waals surface area contributed by atoms with Crippen molar-refractivity contribution in [3.05, 3.63) is 69.7 Å². The molecule has 4 nitrogen and oxygen atoms in total. The maximum atomic E-state index is 12.1. The first-order valence-electron chi connectivity index (χ1n) is 9.52. The second-order valence-corrected chi connectivity index (χ2v) is 8.89. The number of carbonyl (C=O) groups is 2. The van der Waals surface area contributed by atoms with Crippen LogP contribution in [0.5, 0.6) is 0 Å². The molecule has 2 aromatic rings. The van der Waals surface area contributed by atoms with Gasteiger partial charge in [0, 0.05) is 34.4 Å². The first kappa shape index (κ1) is 23.6. The van der Waals surface area contributed by atoms with Crippen molar-refractivity contribution in [2.45, 2.75) is 38.8 Å². The molecule has 2 rings (SSSR count). The van der Waals surface area contributed by atoms with Crippen LogP contribution in [0.2, 0.25) is 10.0 Å². The zero-order valence-corrected chi connectivity index (χ0v) is 18.9. The van der Waals surface area contributed by atoms with Gasteiger partial charge in [-0.15, -0.1) is 0 Å². The normalized spacial score (nSPS) is 12.8. The standard InChI is InChI=1S/C22H26Cl2N2O2S/c1-15(17-3-7-19(23)8-4-17)25-21(27)11-13-29-14-12-22(28)26-16(2)18-5-9-20(24)10-6-18/h3-10,15-16H,11-14H2,1-2H3,(H,25,27)(H,26,28). The Labute approximate surface area is 186 Å². The summed E-state index contributed by atoms with van der Waals surface area (Å²) in [5, 5.41) is 7.31. The molecule has 2 unspecified atom stereocenters. The van der Waals surface area contributed by atoms with Gasteiger partial charge in [0.1, 0.15) is 0 Å². The zero-order chi connectivity index (χ0) is 21.2. The topological polar surface area (TPSA) is 58.2 Å². The first-order chi connectivity index (χ1) is 13.8. The molecule has 0 saturated carbocycles. The van der Waals surface area contributed by atoms with Gasteiger partial charge in [0.25, 0.3) is 0 Å². The molecule has 0 aliphatic carbocycles. The van der Waals surface area contributed by atoms with Crippen LogP contribution in [-0.4, -0.2) is 23.3 Å². The maximum Gasteiger partial charge on any atom is 0.221 e. The Morgan fingerprint density at radius 2 is 1.10 bits per heavy atom. The third-order valence-electron chi connectivity index (χ3n) is 4.44. The summed E-state index contributed by atoms with van der Waals surface area (Å²) in [5.74, 6) is 1.36. The second-order valence-electron chi connectivity index (χ2n) is 6.79. The van der Waals surface area contributed by atoms with Crippen LogP contribution in [0.25, 0.3) is 0 Å². The molecule has 2 aromatic carbocycles. The number of nitrogens with one attached hydrogen (secondary N) is 2. The molecule has 0 bridgehead atoms. The molecule has 156 valence electrons. The van der Waals surface area contributed by atoms with E-state index in [4.69, 9.17) is 23.2 Å². The molecular formula is C22H26Cl2N2O2S. The number of benzene rings is 2. The van der Waals surface area contributed by atoms with Crippen molar-refractivity contribution in [2.24, 2.45) is 0 Å². The van der Waals surface area contributed by atoms with Crippen LogP contribution in [0.15, 0.2) is 48.5 Å². The smallest absolute Gasteiger partial charge is 0.221 e. The maximum absolute atomic E-state index is 12.1. The zero-order valence-electron chi connectivity index (χ0n) is 16.6. The number of amides is 2. The average molecular weight is 453 g/mol. The van der Waals surface area contributed by atoms with Gasteiger partial charge in [0.2, 0.25) is 11.8 Å². The molecule has 2 amide bonds. The van der Waals surface area contributed by atoms with E-state index in [-0.39, 0.29) is 23.9 Å². The number of hydrogen-bond acceptors (Lipinski definition) is 3. The van der Waals surface area contributed by atoms with Crippen molar-refractivity contribution in [2.75, 3.05) is 11.5 Å². The summed E-state index contributed by atoms with van der Waals surface area (Å²) in [6.07, 6.45) is 0.844. The minimum absolute atomic E-state index is 0.000706. The van der Waals surface area contributed by atoms with Crippen LogP contribution < -0.4 is 10.6 Å². The summed E-state index contributed by atoms with van der Waals surface area (Å²) >= 11 is 13.4. The molecule has 29 heavy (non-hydrogen) atoms. The fourth-order valence-corrected chi connectivity index (χ4v) is 3.84. The summed E-state index contributed by atoms with van der Waals surface area (Å²) in [6, 6.07) is 14.8. The van der Waals surface area contributed by atoms with Crippen molar-refractivity contribution >= 4 is 46.8 Å². The lowest BCUT2D eigenvalue weighted by Gasteiger charge is -2.15. The fraction of sp³-hybridized carbons (Fsp3) is 0.364. The van der Waals surface area contributed by atoms with Gasteiger partial charge >= 0.3 is 0 Å². The van der Waals surface area contributed by atoms with Crippen molar-refractivity contribution in [3.8, 4) is 0 Å². The molecule has 0 aliphatic heterocycles. The summed E-state index contributed by atoms with van der Waals surface area (Å²) in [7, 11) is 0. The molecule has 0 radical (unpaired) electrons. The quantitative estimate of drug-likeness (QED) is 0.463. The van der Waals surface area contributed by atoms with Crippen LogP contribution in [0.1, 0.15) is 49.9 Å². The van der Waals surface area contributed by atoms with E-state index in [1.165, 1.54) is 0 Å². The van der Waals surface area contributed by atoms with Crippen molar-refractivity contribution in [1.82, 2.24) is 10.6 Å². The lowest BCUT2D eigenvalue weighted by atomic mass is 10.1. The van der Waals surface area contributed by atoms with Gasteiger partial charge in [0.05, 0.1) is 12.1 Å². The minimum Gasteiger partial charge on any atom is -0.350 e. The highest BCUT2D eigenvalue weighted by molar-refractivity contribution is 7.99. The fourth-order valence-electron chi connectivity index (χ4n) is 2.73. The molecule has 0 fully saturated rings. The van der Waals surface area contributed by atoms with Crippen LogP contribution in [0.4, 0.5) is 0 Å². The first-order valence-corrected chi connectivity index (χ1v) is 11.4. The van der Waals surface area contributed by atoms with E-state index in [1.54, 1.807) is 11.8 Å². The number of carbonyl (C=O) groups excluding carboxylic acids is 2. The summed E-state index contributed by atoms with van der Waals surface area (Å²) in [5.41, 5.74) is 2.03.